The Labute approximate surface area is 233 Å². The maximum absolute atomic E-state index is 11.0. The SMILES string of the molecule is Cl.O=C(O)c1cc(SOOO)ccc1O.O=C(O)c1cc(SOOO)ccc1[O-].[Al].[Cl][Al]([Cl])[Cl]. The van der Waals surface area contributed by atoms with Gasteiger partial charge in [-0.3, -0.25) is 0 Å². The van der Waals surface area contributed by atoms with Gasteiger partial charge >= 0.3 is 23.3 Å². The molecule has 2 aromatic carbocycles. The summed E-state index contributed by atoms with van der Waals surface area (Å²) in [6, 6.07) is 7.35. The third-order valence-corrected chi connectivity index (χ3v) is 3.85. The van der Waals surface area contributed by atoms with Crippen LogP contribution in [0.3, 0.4) is 0 Å². The lowest BCUT2D eigenvalue weighted by Gasteiger charge is -2.10. The molecule has 187 valence electrons. The van der Waals surface area contributed by atoms with Gasteiger partial charge in [-0.05, 0) is 30.3 Å². The summed E-state index contributed by atoms with van der Waals surface area (Å²) in [5, 5.41) is 59.6. The first-order chi connectivity index (χ1) is 15.0. The first kappa shape index (κ1) is 38.2. The molecule has 0 aliphatic rings. The molecule has 2 rings (SSSR count). The van der Waals surface area contributed by atoms with Gasteiger partial charge in [-0.25, -0.2) is 50.3 Å². The quantitative estimate of drug-likeness (QED) is 0.121. The van der Waals surface area contributed by atoms with Crippen LogP contribution in [0.4, 0.5) is 0 Å². The fourth-order valence-electron chi connectivity index (χ4n) is 1.58. The Hall–Kier alpha value is -0.335. The number of rotatable bonds is 8. The molecule has 0 bridgehead atoms. The second kappa shape index (κ2) is 21.9. The van der Waals surface area contributed by atoms with Gasteiger partial charge in [0.15, 0.2) is 0 Å². The molecule has 0 aliphatic heterocycles. The number of aromatic carboxylic acids is 2. The Morgan fingerprint density at radius 2 is 1.24 bits per heavy atom. The number of carboxylic acid groups (broad SMARTS) is 2. The fourth-order valence-corrected chi connectivity index (χ4v) is 2.37. The lowest BCUT2D eigenvalue weighted by atomic mass is 10.2. The predicted molar refractivity (Wildman–Crippen MR) is 126 cm³/mol. The van der Waals surface area contributed by atoms with Gasteiger partial charge in [-0.1, -0.05) is 21.9 Å². The van der Waals surface area contributed by atoms with Crippen molar-refractivity contribution in [2.24, 2.45) is 0 Å². The molecule has 0 unspecified atom stereocenters. The molecule has 2 aromatic rings. The van der Waals surface area contributed by atoms with Crippen LogP contribution in [0.2, 0.25) is 0 Å². The number of benzene rings is 2. The summed E-state index contributed by atoms with van der Waals surface area (Å²) in [6.45, 7) is 0. The van der Waals surface area contributed by atoms with Gasteiger partial charge in [0.05, 0.1) is 29.6 Å². The van der Waals surface area contributed by atoms with E-state index in [0.717, 1.165) is 12.1 Å². The molecule has 0 aromatic heterocycles. The molecule has 0 heterocycles. The Morgan fingerprint density at radius 1 is 0.853 bits per heavy atom. The largest absolute Gasteiger partial charge is 0.872 e. The highest BCUT2D eigenvalue weighted by Crippen LogP contribution is 2.26. The van der Waals surface area contributed by atoms with Gasteiger partial charge in [0.2, 0.25) is 0 Å². The van der Waals surface area contributed by atoms with E-state index in [2.05, 4.69) is 18.7 Å². The van der Waals surface area contributed by atoms with Gasteiger partial charge in [0.1, 0.15) is 11.3 Å². The maximum Gasteiger partial charge on any atom is 0.643 e. The zero-order chi connectivity index (χ0) is 24.7. The third kappa shape index (κ3) is 17.2. The lowest BCUT2D eigenvalue weighted by molar-refractivity contribution is -0.432. The van der Waals surface area contributed by atoms with E-state index in [9.17, 15) is 14.7 Å². The summed E-state index contributed by atoms with van der Waals surface area (Å²) in [5.74, 6) is -3.50. The molecular weight excluding hydrogens is 620 g/mol. The minimum atomic E-state index is -1.72. The molecular formula is C14H12Al2Cl4O12S2-. The Balaban J connectivity index is -0.000000465. The minimum Gasteiger partial charge on any atom is -0.872 e. The fraction of sp³-hybridized carbons (Fsp3) is 0. The lowest BCUT2D eigenvalue weighted by Crippen LogP contribution is -2.03. The Bertz CT molecular complexity index is 814. The van der Waals surface area contributed by atoms with E-state index in [0.29, 0.717) is 33.9 Å². The van der Waals surface area contributed by atoms with Crippen LogP contribution in [0, 0.1) is 0 Å². The molecule has 0 amide bonds. The van der Waals surface area contributed by atoms with Crippen LogP contribution < -0.4 is 5.11 Å². The summed E-state index contributed by atoms with van der Waals surface area (Å²) in [4.78, 5) is 21.8. The van der Waals surface area contributed by atoms with E-state index in [1.165, 1.54) is 24.3 Å². The zero-order valence-corrected chi connectivity index (χ0v) is 23.1. The van der Waals surface area contributed by atoms with Gasteiger partial charge in [-0.2, -0.15) is 0 Å². The highest BCUT2D eigenvalue weighted by molar-refractivity contribution is 7.94. The molecule has 0 spiro atoms. The molecule has 5 N–H and O–H groups in total. The third-order valence-electron chi connectivity index (χ3n) is 2.70. The summed E-state index contributed by atoms with van der Waals surface area (Å²) in [6.07, 6.45) is 0. The second-order valence-electron chi connectivity index (χ2n) is 4.65. The van der Waals surface area contributed by atoms with E-state index >= 15 is 0 Å². The normalized spacial score (nSPS) is 9.09. The summed E-state index contributed by atoms with van der Waals surface area (Å²) in [7, 11) is 14.8. The van der Waals surface area contributed by atoms with Crippen LogP contribution in [0.25, 0.3) is 0 Å². The molecule has 0 saturated heterocycles. The number of phenols is 1. The first-order valence-corrected chi connectivity index (χ1v) is 14.1. The number of carboxylic acids is 2. The van der Waals surface area contributed by atoms with E-state index in [1.807, 2.05) is 0 Å². The van der Waals surface area contributed by atoms with Crippen LogP contribution in [0.15, 0.2) is 46.2 Å². The van der Waals surface area contributed by atoms with Crippen molar-refractivity contribution in [1.82, 2.24) is 0 Å². The van der Waals surface area contributed by atoms with Crippen LogP contribution in [-0.2, 0) is 18.7 Å². The number of hydrogen-bond donors (Lipinski definition) is 5. The number of halogens is 4. The van der Waals surface area contributed by atoms with E-state index in [4.69, 9.17) is 56.0 Å². The van der Waals surface area contributed by atoms with Crippen LogP contribution >= 0.6 is 66.6 Å². The predicted octanol–water partition coefficient (Wildman–Crippen LogP) is 4.13. The Kier molecular flexibility index (Phi) is 24.6. The summed E-state index contributed by atoms with van der Waals surface area (Å²) < 4.78 is 8.16. The summed E-state index contributed by atoms with van der Waals surface area (Å²) >= 11 is -0.522. The molecule has 34 heavy (non-hydrogen) atoms. The van der Waals surface area contributed by atoms with Crippen molar-refractivity contribution in [3.05, 3.63) is 47.5 Å². The molecule has 0 saturated carbocycles. The van der Waals surface area contributed by atoms with Crippen molar-refractivity contribution in [2.75, 3.05) is 0 Å². The summed E-state index contributed by atoms with van der Waals surface area (Å²) in [5.41, 5.74) is -0.618. The van der Waals surface area contributed by atoms with Crippen LogP contribution in [0.1, 0.15) is 20.7 Å². The van der Waals surface area contributed by atoms with E-state index in [-0.39, 0.29) is 46.6 Å². The average molecular weight is 632 g/mol. The molecule has 0 aliphatic carbocycles. The van der Waals surface area contributed by atoms with Gasteiger partial charge in [-0.15, -0.1) is 21.1 Å². The van der Waals surface area contributed by atoms with E-state index < -0.39 is 29.1 Å². The van der Waals surface area contributed by atoms with Crippen molar-refractivity contribution >= 4 is 107 Å². The highest BCUT2D eigenvalue weighted by atomic mass is 35.8. The first-order valence-electron chi connectivity index (χ1n) is 7.35. The number of aromatic hydroxyl groups is 1. The molecule has 3 radical (unpaired) electrons. The molecule has 20 heteroatoms. The monoisotopic (exact) mass is 630 g/mol. The van der Waals surface area contributed by atoms with Crippen LogP contribution in [0.5, 0.6) is 11.5 Å². The highest BCUT2D eigenvalue weighted by Gasteiger charge is 2.10. The van der Waals surface area contributed by atoms with Crippen molar-refractivity contribution in [2.45, 2.75) is 9.79 Å². The topological polar surface area (TPSA) is 195 Å². The second-order valence-corrected chi connectivity index (χ2v) is 12.6. The van der Waals surface area contributed by atoms with Gasteiger partial charge in [0.25, 0.3) is 0 Å². The van der Waals surface area contributed by atoms with Crippen molar-refractivity contribution < 1.29 is 59.3 Å². The molecule has 12 nitrogen and oxygen atoms in total. The van der Waals surface area contributed by atoms with Gasteiger partial charge < -0.3 is 20.4 Å². The standard InChI is InChI=1S/2C7H6O6S.2Al.4ClH/c2*8-6-2-1-4(14-13-12-11)3-5(6)7(9)10;;;;;;/h2*1-3,8,11H,(H,9,10);;;4*1H/q;;;+3;;;;/p-4. The average Bonchev–Trinajstić information content (AvgIpc) is 2.72. The maximum atomic E-state index is 11.0. The van der Waals surface area contributed by atoms with E-state index in [1.54, 1.807) is 0 Å². The number of hydrogen-bond acceptors (Lipinski definition) is 12. The van der Waals surface area contributed by atoms with Crippen LogP contribution in [-0.4, -0.2) is 66.5 Å². The van der Waals surface area contributed by atoms with Crippen molar-refractivity contribution in [1.29, 1.82) is 0 Å². The van der Waals surface area contributed by atoms with Crippen molar-refractivity contribution in [3.63, 3.8) is 0 Å². The molecule has 0 fully saturated rings. The molecule has 0 atom stereocenters. The van der Waals surface area contributed by atoms with Crippen molar-refractivity contribution in [3.8, 4) is 11.5 Å². The smallest absolute Gasteiger partial charge is 0.643 e. The Morgan fingerprint density at radius 3 is 1.62 bits per heavy atom. The minimum absolute atomic E-state index is 0. The zero-order valence-electron chi connectivity index (χ0n) is 16.1. The number of carbonyl (C=O) groups is 2. The van der Waals surface area contributed by atoms with Gasteiger partial charge in [0, 0.05) is 27.2 Å².